The van der Waals surface area contributed by atoms with Crippen LogP contribution in [0.25, 0.3) is 0 Å². The number of benzene rings is 1. The van der Waals surface area contributed by atoms with E-state index in [1.165, 1.54) is 0 Å². The Labute approximate surface area is 102 Å². The Balaban J connectivity index is 3.28. The normalized spacial score (nSPS) is 10.0. The van der Waals surface area contributed by atoms with Gasteiger partial charge in [0.1, 0.15) is 0 Å². The van der Waals surface area contributed by atoms with Gasteiger partial charge in [0.2, 0.25) is 0 Å². The van der Waals surface area contributed by atoms with E-state index >= 15 is 0 Å². The molecular formula is C10H11ClN2O4. The van der Waals surface area contributed by atoms with Gasteiger partial charge in [-0.3, -0.25) is 10.1 Å². The third-order valence-corrected chi connectivity index (χ3v) is 2.37. The minimum absolute atomic E-state index is 0.0325. The number of carboxylic acid groups (broad SMARTS) is 1. The van der Waals surface area contributed by atoms with Crippen LogP contribution in [0.3, 0.4) is 0 Å². The number of nitrogens with zero attached hydrogens (tertiary/aromatic N) is 1. The third kappa shape index (κ3) is 3.07. The minimum Gasteiger partial charge on any atom is -0.478 e. The summed E-state index contributed by atoms with van der Waals surface area (Å²) in [6, 6.07) is 2.12. The summed E-state index contributed by atoms with van der Waals surface area (Å²) in [7, 11) is 0. The molecule has 0 saturated heterocycles. The third-order valence-electron chi connectivity index (χ3n) is 2.07. The van der Waals surface area contributed by atoms with Gasteiger partial charge in [0, 0.05) is 18.7 Å². The number of halogens is 1. The van der Waals surface area contributed by atoms with Crippen LogP contribution in [0, 0.1) is 10.1 Å². The van der Waals surface area contributed by atoms with E-state index in [0.717, 1.165) is 18.6 Å². The summed E-state index contributed by atoms with van der Waals surface area (Å²) in [5, 5.41) is 22.4. The maximum absolute atomic E-state index is 11.0. The standard InChI is InChI=1S/C10H11ClN2O4/c1-2-3-12-9-7(10(14)15)4-6(13(16)17)5-8(9)11/h4-5,12H,2-3H2,1H3,(H,14,15). The topological polar surface area (TPSA) is 92.5 Å². The molecule has 0 fully saturated rings. The zero-order valence-corrected chi connectivity index (χ0v) is 9.82. The Morgan fingerprint density at radius 3 is 2.71 bits per heavy atom. The van der Waals surface area contributed by atoms with E-state index in [4.69, 9.17) is 16.7 Å². The summed E-state index contributed by atoms with van der Waals surface area (Å²) in [6.07, 6.45) is 0.784. The molecule has 0 unspecified atom stereocenters. The van der Waals surface area contributed by atoms with Crippen LogP contribution in [0.5, 0.6) is 0 Å². The fourth-order valence-electron chi connectivity index (χ4n) is 1.30. The average molecular weight is 259 g/mol. The second-order valence-corrected chi connectivity index (χ2v) is 3.75. The number of aromatic carboxylic acids is 1. The van der Waals surface area contributed by atoms with Crippen molar-refractivity contribution >= 4 is 28.9 Å². The quantitative estimate of drug-likeness (QED) is 0.626. The fourth-order valence-corrected chi connectivity index (χ4v) is 1.58. The van der Waals surface area contributed by atoms with Gasteiger partial charge in [-0.1, -0.05) is 18.5 Å². The summed E-state index contributed by atoms with van der Waals surface area (Å²) in [5.74, 6) is -1.26. The monoisotopic (exact) mass is 258 g/mol. The first-order chi connectivity index (χ1) is 7.97. The number of nitrogens with one attached hydrogen (secondary N) is 1. The Bertz CT molecular complexity index is 462. The highest BCUT2D eigenvalue weighted by atomic mass is 35.5. The van der Waals surface area contributed by atoms with Gasteiger partial charge < -0.3 is 10.4 Å². The molecule has 92 valence electrons. The molecule has 7 heteroatoms. The minimum atomic E-state index is -1.26. The number of rotatable bonds is 5. The van der Waals surface area contributed by atoms with Gasteiger partial charge >= 0.3 is 5.97 Å². The number of nitro benzene ring substituents is 1. The largest absolute Gasteiger partial charge is 0.478 e. The van der Waals surface area contributed by atoms with Crippen molar-refractivity contribution in [1.82, 2.24) is 0 Å². The highest BCUT2D eigenvalue weighted by Crippen LogP contribution is 2.31. The number of anilines is 1. The van der Waals surface area contributed by atoms with Crippen LogP contribution in [-0.2, 0) is 0 Å². The number of carbonyl (C=O) groups is 1. The summed E-state index contributed by atoms with van der Waals surface area (Å²) in [4.78, 5) is 20.9. The van der Waals surface area contributed by atoms with Crippen LogP contribution >= 0.6 is 11.6 Å². The molecule has 0 aliphatic heterocycles. The number of hydrogen-bond acceptors (Lipinski definition) is 4. The maximum Gasteiger partial charge on any atom is 0.338 e. The van der Waals surface area contributed by atoms with Crippen molar-refractivity contribution in [3.63, 3.8) is 0 Å². The van der Waals surface area contributed by atoms with Crippen molar-refractivity contribution < 1.29 is 14.8 Å². The molecule has 0 spiro atoms. The number of hydrogen-bond donors (Lipinski definition) is 2. The van der Waals surface area contributed by atoms with Gasteiger partial charge in [-0.15, -0.1) is 0 Å². The lowest BCUT2D eigenvalue weighted by Gasteiger charge is -2.10. The zero-order valence-electron chi connectivity index (χ0n) is 9.07. The van der Waals surface area contributed by atoms with Crippen molar-refractivity contribution in [3.8, 4) is 0 Å². The smallest absolute Gasteiger partial charge is 0.338 e. The van der Waals surface area contributed by atoms with E-state index < -0.39 is 10.9 Å². The van der Waals surface area contributed by atoms with Gasteiger partial charge in [-0.05, 0) is 6.42 Å². The highest BCUT2D eigenvalue weighted by Gasteiger charge is 2.19. The molecule has 0 atom stereocenters. The molecule has 17 heavy (non-hydrogen) atoms. The lowest BCUT2D eigenvalue weighted by molar-refractivity contribution is -0.384. The Morgan fingerprint density at radius 1 is 1.59 bits per heavy atom. The first-order valence-corrected chi connectivity index (χ1v) is 5.30. The van der Waals surface area contributed by atoms with Crippen LogP contribution in [0.15, 0.2) is 12.1 Å². The molecule has 6 nitrogen and oxygen atoms in total. The molecule has 0 aliphatic carbocycles. The molecule has 2 N–H and O–H groups in total. The number of non-ortho nitro benzene ring substituents is 1. The van der Waals surface area contributed by atoms with E-state index in [1.54, 1.807) is 0 Å². The van der Waals surface area contributed by atoms with Crippen LogP contribution in [0.1, 0.15) is 23.7 Å². The molecule has 1 aromatic rings. The van der Waals surface area contributed by atoms with Crippen molar-refractivity contribution in [1.29, 1.82) is 0 Å². The molecule has 0 heterocycles. The molecular weight excluding hydrogens is 248 g/mol. The molecule has 0 bridgehead atoms. The molecule has 0 aromatic heterocycles. The van der Waals surface area contributed by atoms with Crippen molar-refractivity contribution in [2.45, 2.75) is 13.3 Å². The second-order valence-electron chi connectivity index (χ2n) is 3.34. The lowest BCUT2D eigenvalue weighted by atomic mass is 10.1. The van der Waals surface area contributed by atoms with E-state index in [0.29, 0.717) is 6.54 Å². The van der Waals surface area contributed by atoms with Gasteiger partial charge in [0.15, 0.2) is 0 Å². The van der Waals surface area contributed by atoms with E-state index in [9.17, 15) is 14.9 Å². The number of nitro groups is 1. The van der Waals surface area contributed by atoms with Gasteiger partial charge in [0.05, 0.1) is 21.2 Å². The second kappa shape index (κ2) is 5.49. The predicted octanol–water partition coefficient (Wildman–Crippen LogP) is 2.77. The maximum atomic E-state index is 11.0. The van der Waals surface area contributed by atoms with Crippen molar-refractivity contribution in [2.24, 2.45) is 0 Å². The van der Waals surface area contributed by atoms with Gasteiger partial charge in [-0.2, -0.15) is 0 Å². The van der Waals surface area contributed by atoms with E-state index in [2.05, 4.69) is 5.32 Å². The zero-order chi connectivity index (χ0) is 13.0. The lowest BCUT2D eigenvalue weighted by Crippen LogP contribution is -2.08. The Morgan fingerprint density at radius 2 is 2.24 bits per heavy atom. The summed E-state index contributed by atoms with van der Waals surface area (Å²) in [5.41, 5.74) is -0.321. The molecule has 1 rings (SSSR count). The fraction of sp³-hybridized carbons (Fsp3) is 0.300. The molecule has 0 amide bonds. The summed E-state index contributed by atoms with van der Waals surface area (Å²) < 4.78 is 0. The molecule has 0 saturated carbocycles. The van der Waals surface area contributed by atoms with Crippen LogP contribution in [0.2, 0.25) is 5.02 Å². The molecule has 0 radical (unpaired) electrons. The number of carboxylic acids is 1. The molecule has 0 aliphatic rings. The van der Waals surface area contributed by atoms with Crippen molar-refractivity contribution in [2.75, 3.05) is 11.9 Å². The van der Waals surface area contributed by atoms with Crippen LogP contribution in [0.4, 0.5) is 11.4 Å². The van der Waals surface area contributed by atoms with Gasteiger partial charge in [-0.25, -0.2) is 4.79 Å². The first kappa shape index (κ1) is 13.2. The highest BCUT2D eigenvalue weighted by molar-refractivity contribution is 6.34. The van der Waals surface area contributed by atoms with Gasteiger partial charge in [0.25, 0.3) is 5.69 Å². The van der Waals surface area contributed by atoms with Crippen molar-refractivity contribution in [3.05, 3.63) is 32.8 Å². The predicted molar refractivity (Wildman–Crippen MR) is 63.8 cm³/mol. The van der Waals surface area contributed by atoms with E-state index in [-0.39, 0.29) is 22.0 Å². The summed E-state index contributed by atoms with van der Waals surface area (Å²) >= 11 is 5.83. The average Bonchev–Trinajstić information content (AvgIpc) is 2.26. The van der Waals surface area contributed by atoms with E-state index in [1.807, 2.05) is 6.92 Å². The SMILES string of the molecule is CCCNc1c(Cl)cc([N+](=O)[O-])cc1C(=O)O. The first-order valence-electron chi connectivity index (χ1n) is 4.92. The van der Waals surface area contributed by atoms with Crippen LogP contribution < -0.4 is 5.32 Å². The van der Waals surface area contributed by atoms with Crippen LogP contribution in [-0.4, -0.2) is 22.5 Å². The Hall–Kier alpha value is -1.82. The molecule has 1 aromatic carbocycles. The Kier molecular flexibility index (Phi) is 4.28. The summed E-state index contributed by atoms with van der Waals surface area (Å²) in [6.45, 7) is 2.45.